The van der Waals surface area contributed by atoms with Gasteiger partial charge in [0.15, 0.2) is 0 Å². The second-order valence-electron chi connectivity index (χ2n) is 5.58. The molecule has 3 aromatic rings. The standard InChI is InChI=1S/C18H13N5O2/c1-2-16(25)21-18-20-14-10-19-7-5-13(14)17(22-18)23-8-6-11-9-12(24)3-4-15(11)23/h1,3-5,7,9-10,24H,6,8H2,(H,20,21,22,25). The Morgan fingerprint density at radius 2 is 2.20 bits per heavy atom. The molecule has 0 radical (unpaired) electrons. The van der Waals surface area contributed by atoms with Crippen LogP contribution >= 0.6 is 0 Å². The lowest BCUT2D eigenvalue weighted by molar-refractivity contribution is -0.111. The molecule has 1 amide bonds. The maximum absolute atomic E-state index is 11.5. The second kappa shape index (κ2) is 5.76. The predicted octanol–water partition coefficient (Wildman–Crippen LogP) is 2.00. The highest BCUT2D eigenvalue weighted by Crippen LogP contribution is 2.38. The molecule has 0 aliphatic carbocycles. The molecule has 3 heterocycles. The van der Waals surface area contributed by atoms with Gasteiger partial charge in [-0.05, 0) is 42.2 Å². The number of rotatable bonds is 2. The molecule has 25 heavy (non-hydrogen) atoms. The number of carbonyl (C=O) groups is 1. The van der Waals surface area contributed by atoms with Crippen molar-refractivity contribution in [2.75, 3.05) is 16.8 Å². The van der Waals surface area contributed by atoms with Crippen LogP contribution in [0.25, 0.3) is 10.9 Å². The summed E-state index contributed by atoms with van der Waals surface area (Å²) in [5.74, 6) is 2.40. The summed E-state index contributed by atoms with van der Waals surface area (Å²) in [5.41, 5.74) is 2.60. The normalized spacial score (nSPS) is 12.7. The minimum Gasteiger partial charge on any atom is -0.508 e. The fraction of sp³-hybridized carbons (Fsp3) is 0.111. The summed E-state index contributed by atoms with van der Waals surface area (Å²) in [4.78, 5) is 26.4. The van der Waals surface area contributed by atoms with Crippen molar-refractivity contribution in [3.63, 3.8) is 0 Å². The van der Waals surface area contributed by atoms with E-state index in [1.54, 1.807) is 24.5 Å². The molecule has 1 aromatic carbocycles. The number of carbonyl (C=O) groups excluding carboxylic acids is 1. The van der Waals surface area contributed by atoms with Gasteiger partial charge in [-0.15, -0.1) is 6.42 Å². The molecular formula is C18H13N5O2. The Morgan fingerprint density at radius 3 is 3.04 bits per heavy atom. The molecule has 0 spiro atoms. The summed E-state index contributed by atoms with van der Waals surface area (Å²) in [6, 6.07) is 7.08. The smallest absolute Gasteiger partial charge is 0.302 e. The average Bonchev–Trinajstić information content (AvgIpc) is 3.03. The van der Waals surface area contributed by atoms with Gasteiger partial charge in [0.25, 0.3) is 0 Å². The van der Waals surface area contributed by atoms with Crippen molar-refractivity contribution in [2.24, 2.45) is 0 Å². The Bertz CT molecular complexity index is 1040. The summed E-state index contributed by atoms with van der Waals surface area (Å²) >= 11 is 0. The molecule has 7 nitrogen and oxygen atoms in total. The van der Waals surface area contributed by atoms with E-state index in [4.69, 9.17) is 6.42 Å². The monoisotopic (exact) mass is 331 g/mol. The number of terminal acetylenes is 1. The highest BCUT2D eigenvalue weighted by molar-refractivity contribution is 6.03. The van der Waals surface area contributed by atoms with Gasteiger partial charge in [-0.25, -0.2) is 4.98 Å². The molecule has 0 unspecified atom stereocenters. The van der Waals surface area contributed by atoms with Crippen LogP contribution in [0.5, 0.6) is 5.75 Å². The van der Waals surface area contributed by atoms with Crippen LogP contribution in [-0.4, -0.2) is 32.5 Å². The van der Waals surface area contributed by atoms with Crippen molar-refractivity contribution in [2.45, 2.75) is 6.42 Å². The fourth-order valence-electron chi connectivity index (χ4n) is 2.97. The number of hydrogen-bond acceptors (Lipinski definition) is 6. The van der Waals surface area contributed by atoms with Crippen LogP contribution in [-0.2, 0) is 11.2 Å². The van der Waals surface area contributed by atoms with Crippen molar-refractivity contribution in [3.05, 3.63) is 42.2 Å². The largest absolute Gasteiger partial charge is 0.508 e. The number of hydrogen-bond donors (Lipinski definition) is 2. The van der Waals surface area contributed by atoms with E-state index in [0.29, 0.717) is 17.9 Å². The Kier molecular flexibility index (Phi) is 3.43. The Balaban J connectivity index is 1.87. The van der Waals surface area contributed by atoms with Crippen LogP contribution in [0.2, 0.25) is 0 Å². The minimum atomic E-state index is -0.610. The maximum atomic E-state index is 11.5. The number of nitrogens with one attached hydrogen (secondary N) is 1. The third-order valence-corrected chi connectivity index (χ3v) is 4.05. The van der Waals surface area contributed by atoms with Gasteiger partial charge < -0.3 is 10.0 Å². The fourth-order valence-corrected chi connectivity index (χ4v) is 2.97. The first kappa shape index (κ1) is 14.9. The molecule has 7 heteroatoms. The van der Waals surface area contributed by atoms with E-state index in [1.165, 1.54) is 0 Å². The summed E-state index contributed by atoms with van der Waals surface area (Å²) < 4.78 is 0. The number of phenols is 1. The summed E-state index contributed by atoms with van der Waals surface area (Å²) in [7, 11) is 0. The highest BCUT2D eigenvalue weighted by Gasteiger charge is 2.24. The zero-order valence-corrected chi connectivity index (χ0v) is 13.1. The lowest BCUT2D eigenvalue weighted by Gasteiger charge is -2.20. The highest BCUT2D eigenvalue weighted by atomic mass is 16.3. The van der Waals surface area contributed by atoms with Crippen LogP contribution in [0.15, 0.2) is 36.7 Å². The molecule has 2 N–H and O–H groups in total. The van der Waals surface area contributed by atoms with Gasteiger partial charge in [-0.3, -0.25) is 15.1 Å². The number of anilines is 3. The van der Waals surface area contributed by atoms with Crippen molar-refractivity contribution in [1.29, 1.82) is 0 Å². The SMILES string of the molecule is C#CC(=O)Nc1nc(N2CCc3cc(O)ccc32)c2ccncc2n1. The molecule has 0 atom stereocenters. The van der Waals surface area contributed by atoms with Crippen LogP contribution in [0.3, 0.4) is 0 Å². The molecule has 122 valence electrons. The number of phenolic OH excluding ortho intramolecular Hbond substituents is 1. The first-order chi connectivity index (χ1) is 12.2. The average molecular weight is 331 g/mol. The number of aromatic nitrogens is 3. The Labute approximate surface area is 143 Å². The first-order valence-electron chi connectivity index (χ1n) is 7.64. The van der Waals surface area contributed by atoms with Gasteiger partial charge in [0, 0.05) is 23.8 Å². The number of benzene rings is 1. The zero-order chi connectivity index (χ0) is 17.4. The van der Waals surface area contributed by atoms with Gasteiger partial charge in [-0.1, -0.05) is 0 Å². The van der Waals surface area contributed by atoms with Gasteiger partial charge >= 0.3 is 5.91 Å². The van der Waals surface area contributed by atoms with E-state index in [2.05, 4.69) is 20.3 Å². The topological polar surface area (TPSA) is 91.2 Å². The zero-order valence-electron chi connectivity index (χ0n) is 13.1. The van der Waals surface area contributed by atoms with Crippen LogP contribution in [0.1, 0.15) is 5.56 Å². The van der Waals surface area contributed by atoms with Crippen LogP contribution in [0, 0.1) is 12.3 Å². The molecule has 0 saturated heterocycles. The van der Waals surface area contributed by atoms with Gasteiger partial charge in [0.05, 0.1) is 11.7 Å². The molecule has 2 aromatic heterocycles. The molecule has 0 bridgehead atoms. The third-order valence-electron chi connectivity index (χ3n) is 4.05. The summed E-state index contributed by atoms with van der Waals surface area (Å²) in [6.45, 7) is 0.704. The summed E-state index contributed by atoms with van der Waals surface area (Å²) in [6.07, 6.45) is 9.17. The van der Waals surface area contributed by atoms with E-state index < -0.39 is 5.91 Å². The molecule has 0 saturated carbocycles. The van der Waals surface area contributed by atoms with E-state index >= 15 is 0 Å². The van der Waals surface area contributed by atoms with Gasteiger partial charge in [0.2, 0.25) is 5.95 Å². The van der Waals surface area contributed by atoms with Crippen molar-refractivity contribution < 1.29 is 9.90 Å². The third kappa shape index (κ3) is 2.60. The predicted molar refractivity (Wildman–Crippen MR) is 93.6 cm³/mol. The van der Waals surface area contributed by atoms with Crippen LogP contribution < -0.4 is 10.2 Å². The minimum absolute atomic E-state index is 0.130. The molecule has 1 aliphatic heterocycles. The van der Waals surface area contributed by atoms with E-state index in [9.17, 15) is 9.90 Å². The molecule has 1 aliphatic rings. The Morgan fingerprint density at radius 1 is 1.32 bits per heavy atom. The summed E-state index contributed by atoms with van der Waals surface area (Å²) in [5, 5.41) is 13.0. The molecule has 0 fully saturated rings. The van der Waals surface area contributed by atoms with Crippen molar-refractivity contribution in [1.82, 2.24) is 15.0 Å². The number of nitrogens with zero attached hydrogens (tertiary/aromatic N) is 4. The second-order valence-corrected chi connectivity index (χ2v) is 5.58. The van der Waals surface area contributed by atoms with Crippen molar-refractivity contribution in [3.8, 4) is 18.1 Å². The number of fused-ring (bicyclic) bond motifs is 2. The maximum Gasteiger partial charge on any atom is 0.302 e. The molecular weight excluding hydrogens is 318 g/mol. The Hall–Kier alpha value is -3.66. The molecule has 4 rings (SSSR count). The van der Waals surface area contributed by atoms with Crippen LogP contribution in [0.4, 0.5) is 17.5 Å². The number of amides is 1. The van der Waals surface area contributed by atoms with Crippen molar-refractivity contribution >= 4 is 34.3 Å². The van der Waals surface area contributed by atoms with E-state index in [-0.39, 0.29) is 11.7 Å². The van der Waals surface area contributed by atoms with E-state index in [1.807, 2.05) is 23.0 Å². The van der Waals surface area contributed by atoms with Gasteiger partial charge in [0.1, 0.15) is 11.6 Å². The number of aromatic hydroxyl groups is 1. The number of pyridine rings is 1. The lowest BCUT2D eigenvalue weighted by Crippen LogP contribution is -2.18. The van der Waals surface area contributed by atoms with Gasteiger partial charge in [-0.2, -0.15) is 4.98 Å². The lowest BCUT2D eigenvalue weighted by atomic mass is 10.1. The first-order valence-corrected chi connectivity index (χ1v) is 7.64. The van der Waals surface area contributed by atoms with E-state index in [0.717, 1.165) is 23.1 Å². The quantitative estimate of drug-likeness (QED) is 0.698.